The lowest BCUT2D eigenvalue weighted by Crippen LogP contribution is -2.42. The summed E-state index contributed by atoms with van der Waals surface area (Å²) in [4.78, 5) is 13.8. The van der Waals surface area contributed by atoms with E-state index < -0.39 is 0 Å². The molecule has 1 N–H and O–H groups in total. The first-order valence-corrected chi connectivity index (χ1v) is 10.8. The number of amides is 1. The largest absolute Gasteiger partial charge is 0.381 e. The van der Waals surface area contributed by atoms with Crippen molar-refractivity contribution < 1.29 is 9.53 Å². The molecule has 1 heterocycles. The molecule has 3 rings (SSSR count). The van der Waals surface area contributed by atoms with E-state index in [0.717, 1.165) is 45.0 Å². The Kier molecular flexibility index (Phi) is 7.84. The number of nitrogens with zero attached hydrogens (tertiary/aromatic N) is 1. The van der Waals surface area contributed by atoms with E-state index in [1.165, 1.54) is 30.4 Å². The molecule has 29 heavy (non-hydrogen) atoms. The van der Waals surface area contributed by atoms with E-state index in [9.17, 15) is 4.79 Å². The number of nitrogens with one attached hydrogen (secondary N) is 1. The Balaban J connectivity index is 1.57. The number of piperidine rings is 1. The van der Waals surface area contributed by atoms with E-state index in [1.54, 1.807) is 6.92 Å². The van der Waals surface area contributed by atoms with Crippen LogP contribution in [-0.4, -0.2) is 37.1 Å². The fourth-order valence-corrected chi connectivity index (χ4v) is 4.23. The SMILES string of the molecule is CCOCC1(CCc2ccccc2)CCN(Cc2cccc(NC(C)=O)c2)CC1. The van der Waals surface area contributed by atoms with Gasteiger partial charge in [-0.1, -0.05) is 42.5 Å². The van der Waals surface area contributed by atoms with Crippen LogP contribution in [0, 0.1) is 5.41 Å². The van der Waals surface area contributed by atoms with Gasteiger partial charge in [0.2, 0.25) is 5.91 Å². The average Bonchev–Trinajstić information content (AvgIpc) is 2.73. The minimum absolute atomic E-state index is 0.0285. The Morgan fingerprint density at radius 3 is 2.48 bits per heavy atom. The summed E-state index contributed by atoms with van der Waals surface area (Å²) < 4.78 is 5.91. The molecule has 156 valence electrons. The molecule has 0 aliphatic carbocycles. The lowest BCUT2D eigenvalue weighted by Gasteiger charge is -2.42. The smallest absolute Gasteiger partial charge is 0.221 e. The summed E-state index contributed by atoms with van der Waals surface area (Å²) in [7, 11) is 0. The van der Waals surface area contributed by atoms with Crippen LogP contribution in [0.15, 0.2) is 54.6 Å². The molecule has 1 fully saturated rings. The molecule has 0 bridgehead atoms. The molecule has 2 aromatic carbocycles. The normalized spacial score (nSPS) is 16.5. The maximum atomic E-state index is 11.3. The molecular weight excluding hydrogens is 360 g/mol. The van der Waals surface area contributed by atoms with Crippen LogP contribution in [0.1, 0.15) is 44.2 Å². The first kappa shape index (κ1) is 21.5. The highest BCUT2D eigenvalue weighted by atomic mass is 16.5. The molecule has 0 spiro atoms. The Morgan fingerprint density at radius 1 is 1.07 bits per heavy atom. The predicted molar refractivity (Wildman–Crippen MR) is 119 cm³/mol. The van der Waals surface area contributed by atoms with Crippen LogP contribution in [0.2, 0.25) is 0 Å². The van der Waals surface area contributed by atoms with Gasteiger partial charge < -0.3 is 10.1 Å². The summed E-state index contributed by atoms with van der Waals surface area (Å²) in [5.41, 5.74) is 3.82. The van der Waals surface area contributed by atoms with Crippen LogP contribution in [-0.2, 0) is 22.5 Å². The first-order chi connectivity index (χ1) is 14.1. The second-order valence-corrected chi connectivity index (χ2v) is 8.28. The van der Waals surface area contributed by atoms with Crippen LogP contribution in [0.25, 0.3) is 0 Å². The zero-order chi connectivity index (χ0) is 20.5. The number of ether oxygens (including phenoxy) is 1. The van der Waals surface area contributed by atoms with Crippen molar-refractivity contribution >= 4 is 11.6 Å². The van der Waals surface area contributed by atoms with Crippen molar-refractivity contribution in [2.45, 2.75) is 46.1 Å². The van der Waals surface area contributed by atoms with E-state index in [2.05, 4.69) is 59.6 Å². The monoisotopic (exact) mass is 394 g/mol. The second-order valence-electron chi connectivity index (χ2n) is 8.28. The lowest BCUT2D eigenvalue weighted by atomic mass is 9.74. The molecular formula is C25H34N2O2. The van der Waals surface area contributed by atoms with Gasteiger partial charge in [0.1, 0.15) is 0 Å². The Hall–Kier alpha value is -2.17. The van der Waals surface area contributed by atoms with E-state index in [-0.39, 0.29) is 11.3 Å². The van der Waals surface area contributed by atoms with Crippen molar-refractivity contribution in [2.75, 3.05) is 31.6 Å². The van der Waals surface area contributed by atoms with Crippen molar-refractivity contribution in [2.24, 2.45) is 5.41 Å². The van der Waals surface area contributed by atoms with E-state index in [1.807, 2.05) is 12.1 Å². The third-order valence-electron chi connectivity index (χ3n) is 5.97. The summed E-state index contributed by atoms with van der Waals surface area (Å²) in [6, 6.07) is 19.0. The molecule has 0 atom stereocenters. The number of anilines is 1. The topological polar surface area (TPSA) is 41.6 Å². The Bertz CT molecular complexity index is 767. The van der Waals surface area contributed by atoms with Gasteiger partial charge >= 0.3 is 0 Å². The molecule has 0 unspecified atom stereocenters. The van der Waals surface area contributed by atoms with E-state index in [0.29, 0.717) is 0 Å². The maximum Gasteiger partial charge on any atom is 0.221 e. The first-order valence-electron chi connectivity index (χ1n) is 10.8. The van der Waals surface area contributed by atoms with Crippen molar-refractivity contribution in [3.8, 4) is 0 Å². The van der Waals surface area contributed by atoms with Crippen LogP contribution in [0.3, 0.4) is 0 Å². The summed E-state index contributed by atoms with van der Waals surface area (Å²) in [5.74, 6) is -0.0285. The van der Waals surface area contributed by atoms with Crippen molar-refractivity contribution in [3.63, 3.8) is 0 Å². The molecule has 0 saturated carbocycles. The molecule has 0 aromatic heterocycles. The molecule has 1 aliphatic heterocycles. The molecule has 0 radical (unpaired) electrons. The van der Waals surface area contributed by atoms with Crippen LogP contribution >= 0.6 is 0 Å². The summed E-state index contributed by atoms with van der Waals surface area (Å²) >= 11 is 0. The number of carbonyl (C=O) groups is 1. The number of benzene rings is 2. The number of likely N-dealkylation sites (tertiary alicyclic amines) is 1. The summed E-state index contributed by atoms with van der Waals surface area (Å²) in [6.45, 7) is 8.39. The maximum absolute atomic E-state index is 11.3. The van der Waals surface area contributed by atoms with Gasteiger partial charge in [-0.15, -0.1) is 0 Å². The highest BCUT2D eigenvalue weighted by Crippen LogP contribution is 2.37. The van der Waals surface area contributed by atoms with Crippen LogP contribution < -0.4 is 5.32 Å². The molecule has 1 aliphatic rings. The van der Waals surface area contributed by atoms with Crippen molar-refractivity contribution in [1.29, 1.82) is 0 Å². The van der Waals surface area contributed by atoms with Gasteiger partial charge in [0, 0.05) is 25.8 Å². The minimum atomic E-state index is -0.0285. The number of carbonyl (C=O) groups excluding carboxylic acids is 1. The number of aryl methyl sites for hydroxylation is 1. The molecule has 2 aromatic rings. The van der Waals surface area contributed by atoms with Gasteiger partial charge in [-0.05, 0) is 74.4 Å². The van der Waals surface area contributed by atoms with Gasteiger partial charge in [-0.2, -0.15) is 0 Å². The quantitative estimate of drug-likeness (QED) is 0.658. The third kappa shape index (κ3) is 6.69. The molecule has 4 heteroatoms. The highest BCUT2D eigenvalue weighted by molar-refractivity contribution is 5.88. The second kappa shape index (κ2) is 10.6. The highest BCUT2D eigenvalue weighted by Gasteiger charge is 2.34. The van der Waals surface area contributed by atoms with E-state index >= 15 is 0 Å². The summed E-state index contributed by atoms with van der Waals surface area (Å²) in [5, 5.41) is 2.88. The molecule has 1 amide bonds. The minimum Gasteiger partial charge on any atom is -0.381 e. The van der Waals surface area contributed by atoms with Gasteiger partial charge in [-0.3, -0.25) is 9.69 Å². The van der Waals surface area contributed by atoms with Crippen LogP contribution in [0.4, 0.5) is 5.69 Å². The fraction of sp³-hybridized carbons (Fsp3) is 0.480. The predicted octanol–water partition coefficient (Wildman–Crippen LogP) is 4.90. The zero-order valence-corrected chi connectivity index (χ0v) is 17.8. The number of hydrogen-bond acceptors (Lipinski definition) is 3. The average molecular weight is 395 g/mol. The lowest BCUT2D eigenvalue weighted by molar-refractivity contribution is -0.114. The summed E-state index contributed by atoms with van der Waals surface area (Å²) in [6.07, 6.45) is 4.64. The Labute approximate surface area is 175 Å². The third-order valence-corrected chi connectivity index (χ3v) is 5.97. The van der Waals surface area contributed by atoms with Gasteiger partial charge in [0.15, 0.2) is 0 Å². The standard InChI is InChI=1S/C25H34N2O2/c1-3-29-20-25(13-12-22-8-5-4-6-9-22)14-16-27(17-15-25)19-23-10-7-11-24(18-23)26-21(2)28/h4-11,18H,3,12-17,19-20H2,1-2H3,(H,26,28). The number of hydrogen-bond donors (Lipinski definition) is 1. The van der Waals surface area contributed by atoms with Gasteiger partial charge in [-0.25, -0.2) is 0 Å². The van der Waals surface area contributed by atoms with Crippen molar-refractivity contribution in [3.05, 3.63) is 65.7 Å². The van der Waals surface area contributed by atoms with Crippen LogP contribution in [0.5, 0.6) is 0 Å². The van der Waals surface area contributed by atoms with E-state index in [4.69, 9.17) is 4.74 Å². The molecule has 1 saturated heterocycles. The van der Waals surface area contributed by atoms with Gasteiger partial charge in [0.25, 0.3) is 0 Å². The Morgan fingerprint density at radius 2 is 1.79 bits per heavy atom. The fourth-order valence-electron chi connectivity index (χ4n) is 4.23. The molecule has 4 nitrogen and oxygen atoms in total. The number of rotatable bonds is 9. The van der Waals surface area contributed by atoms with Crippen molar-refractivity contribution in [1.82, 2.24) is 4.90 Å². The van der Waals surface area contributed by atoms with Gasteiger partial charge in [0.05, 0.1) is 6.61 Å². The zero-order valence-electron chi connectivity index (χ0n) is 17.8.